The molecule has 0 spiro atoms. The molecule has 3 aliphatic carbocycles. The minimum atomic E-state index is -0.871. The van der Waals surface area contributed by atoms with Gasteiger partial charge in [0.05, 0.1) is 18.1 Å². The van der Waals surface area contributed by atoms with Gasteiger partial charge in [0.25, 0.3) is 5.91 Å². The van der Waals surface area contributed by atoms with Crippen LogP contribution in [-0.4, -0.2) is 64.7 Å². The van der Waals surface area contributed by atoms with Crippen molar-refractivity contribution in [3.05, 3.63) is 161 Å². The van der Waals surface area contributed by atoms with Gasteiger partial charge in [-0.2, -0.15) is 0 Å². The van der Waals surface area contributed by atoms with Gasteiger partial charge in [-0.3, -0.25) is 33.6 Å². The van der Waals surface area contributed by atoms with Gasteiger partial charge in [-0.1, -0.05) is 153 Å². The molecule has 374 valence electrons. The highest BCUT2D eigenvalue weighted by molar-refractivity contribution is 6.18. The molecule has 71 heavy (non-hydrogen) atoms. The van der Waals surface area contributed by atoms with E-state index in [-0.39, 0.29) is 59.9 Å². The predicted molar refractivity (Wildman–Crippen MR) is 276 cm³/mol. The SMILES string of the molecule is C=C(C(=O)N[C@H]1C/C(=C\C(=O)[C@@H](/C=C/C(=O)c2ccccc2C(C)O)C2CCCCC2)C(C(=O)NC(CCC)C(=O)C(/C=C/CCC(=O)N[C@H](C(=O)NCC)c2ccccc2)=C2CC2)C1)c1ccccc1. The van der Waals surface area contributed by atoms with Gasteiger partial charge in [0.2, 0.25) is 17.7 Å². The number of benzene rings is 3. The highest BCUT2D eigenvalue weighted by atomic mass is 16.3. The van der Waals surface area contributed by atoms with E-state index in [4.69, 9.17) is 0 Å². The second-order valence-corrected chi connectivity index (χ2v) is 19.0. The molecule has 5 N–H and O–H groups in total. The summed E-state index contributed by atoms with van der Waals surface area (Å²) in [5.74, 6) is -3.75. The third-order valence-electron chi connectivity index (χ3n) is 13.7. The van der Waals surface area contributed by atoms with Crippen LogP contribution >= 0.6 is 0 Å². The molecular formula is C59H70N4O8. The van der Waals surface area contributed by atoms with Gasteiger partial charge in [0, 0.05) is 41.6 Å². The van der Waals surface area contributed by atoms with Crippen LogP contribution in [0, 0.1) is 17.8 Å². The van der Waals surface area contributed by atoms with Gasteiger partial charge < -0.3 is 26.4 Å². The Kier molecular flexibility index (Phi) is 19.9. The molecule has 12 heteroatoms. The standard InChI is InChI=1S/C59H70N4O8/c1-5-20-51(56(68)48(42-31-32-42)28-18-19-30-54(67)63-55(59(71)60-6-2)43-25-14-9-15-26-43)62-58(70)50-37-45(61-57(69)38(3)40-21-10-7-11-22-40)35-44(50)36-53(66)47(41-23-12-8-13-24-41)33-34-52(65)49-29-17-16-27-46(49)39(4)64/h7,9-11,14-18,21-22,25-29,33-34,36,39,41,45,47,50-51,55,64H,3,5-6,8,12-13,19-20,23-24,30-32,35,37H2,1-2,4H3,(H,60,71)(H,61,69)(H,62,70)(H,63,67)/b28-18+,34-33+,44-36+/t39?,45-,47-,50?,51?,55-/m0/s1. The first-order valence-electron chi connectivity index (χ1n) is 25.4. The van der Waals surface area contributed by atoms with Crippen molar-refractivity contribution in [1.82, 2.24) is 21.3 Å². The van der Waals surface area contributed by atoms with Gasteiger partial charge in [0.15, 0.2) is 17.3 Å². The number of hydrogen-bond donors (Lipinski definition) is 5. The largest absolute Gasteiger partial charge is 0.389 e. The summed E-state index contributed by atoms with van der Waals surface area (Å²) in [6.45, 7) is 9.80. The van der Waals surface area contributed by atoms with E-state index >= 15 is 0 Å². The number of allylic oxidation sites excluding steroid dienone is 6. The minimum absolute atomic E-state index is 0.0242. The molecule has 0 aliphatic heterocycles. The van der Waals surface area contributed by atoms with Crippen LogP contribution in [0.1, 0.15) is 143 Å². The normalized spacial score (nSPS) is 19.1. The van der Waals surface area contributed by atoms with E-state index < -0.39 is 47.9 Å². The lowest BCUT2D eigenvalue weighted by Crippen LogP contribution is -2.44. The number of likely N-dealkylation sites (N-methyl/N-ethyl adjacent to an activating group) is 1. The fraction of sp³-hybridized carbons (Fsp3) is 0.407. The van der Waals surface area contributed by atoms with Crippen molar-refractivity contribution in [1.29, 1.82) is 0 Å². The lowest BCUT2D eigenvalue weighted by Gasteiger charge is -2.27. The molecule has 3 aromatic rings. The summed E-state index contributed by atoms with van der Waals surface area (Å²) < 4.78 is 0. The van der Waals surface area contributed by atoms with Gasteiger partial charge >= 0.3 is 0 Å². The molecule has 6 rings (SSSR count). The maximum absolute atomic E-state index is 14.6. The van der Waals surface area contributed by atoms with Crippen molar-refractivity contribution >= 4 is 46.6 Å². The Morgan fingerprint density at radius 3 is 2.17 bits per heavy atom. The van der Waals surface area contributed by atoms with Crippen LogP contribution in [0.2, 0.25) is 0 Å². The minimum Gasteiger partial charge on any atom is -0.389 e. The molecule has 0 bridgehead atoms. The Hall–Kier alpha value is -6.79. The maximum Gasteiger partial charge on any atom is 0.251 e. The fourth-order valence-corrected chi connectivity index (χ4v) is 9.75. The van der Waals surface area contributed by atoms with Crippen molar-refractivity contribution in [3.63, 3.8) is 0 Å². The smallest absolute Gasteiger partial charge is 0.251 e. The summed E-state index contributed by atoms with van der Waals surface area (Å²) in [7, 11) is 0. The molecule has 4 amide bonds. The Morgan fingerprint density at radius 1 is 0.831 bits per heavy atom. The van der Waals surface area contributed by atoms with Crippen LogP contribution in [-0.2, 0) is 28.8 Å². The number of rotatable bonds is 24. The molecular weight excluding hydrogens is 893 g/mol. The monoisotopic (exact) mass is 963 g/mol. The number of carbonyl (C=O) groups is 7. The first kappa shape index (κ1) is 53.6. The number of nitrogens with one attached hydrogen (secondary N) is 4. The number of carbonyl (C=O) groups excluding carboxylic acids is 7. The van der Waals surface area contributed by atoms with E-state index in [0.717, 1.165) is 50.5 Å². The molecule has 3 saturated carbocycles. The van der Waals surface area contributed by atoms with E-state index in [1.165, 1.54) is 12.2 Å². The molecule has 12 nitrogen and oxygen atoms in total. The van der Waals surface area contributed by atoms with E-state index in [9.17, 15) is 38.7 Å². The summed E-state index contributed by atoms with van der Waals surface area (Å²) in [5, 5.41) is 22.1. The zero-order valence-corrected chi connectivity index (χ0v) is 41.4. The molecule has 0 aromatic heterocycles. The van der Waals surface area contributed by atoms with E-state index in [2.05, 4.69) is 27.8 Å². The second-order valence-electron chi connectivity index (χ2n) is 19.0. The number of Topliss-reactive ketones (excluding diaryl/α,β-unsaturated/α-hetero) is 1. The molecule has 3 unspecified atom stereocenters. The number of aliphatic hydroxyl groups excluding tert-OH is 1. The second kappa shape index (κ2) is 26.4. The molecule has 0 saturated heterocycles. The highest BCUT2D eigenvalue weighted by Crippen LogP contribution is 2.37. The van der Waals surface area contributed by atoms with E-state index in [0.29, 0.717) is 59.2 Å². The zero-order valence-electron chi connectivity index (χ0n) is 41.4. The van der Waals surface area contributed by atoms with Crippen LogP contribution in [0.25, 0.3) is 5.57 Å². The van der Waals surface area contributed by atoms with Crippen molar-refractivity contribution in [2.75, 3.05) is 6.54 Å². The topological polar surface area (TPSA) is 188 Å². The summed E-state index contributed by atoms with van der Waals surface area (Å²) in [5.41, 5.74) is 4.45. The lowest BCUT2D eigenvalue weighted by molar-refractivity contribution is -0.129. The predicted octanol–water partition coefficient (Wildman–Crippen LogP) is 9.05. The van der Waals surface area contributed by atoms with Crippen molar-refractivity contribution in [2.24, 2.45) is 17.8 Å². The number of amides is 4. The van der Waals surface area contributed by atoms with Gasteiger partial charge in [-0.25, -0.2) is 0 Å². The van der Waals surface area contributed by atoms with E-state index in [1.54, 1.807) is 73.7 Å². The summed E-state index contributed by atoms with van der Waals surface area (Å²) in [4.78, 5) is 96.9. The third kappa shape index (κ3) is 15.1. The number of hydrogen-bond acceptors (Lipinski definition) is 8. The van der Waals surface area contributed by atoms with Crippen molar-refractivity contribution in [3.8, 4) is 0 Å². The first-order valence-corrected chi connectivity index (χ1v) is 25.4. The van der Waals surface area contributed by atoms with Gasteiger partial charge in [-0.05, 0) is 100.0 Å². The lowest BCUT2D eigenvalue weighted by atomic mass is 9.77. The molecule has 3 fully saturated rings. The molecule has 0 heterocycles. The summed E-state index contributed by atoms with van der Waals surface area (Å²) in [6.07, 6.45) is 15.1. The van der Waals surface area contributed by atoms with Crippen LogP contribution in [0.15, 0.2) is 139 Å². The fourth-order valence-electron chi connectivity index (χ4n) is 9.75. The molecule has 3 aromatic carbocycles. The Balaban J connectivity index is 1.21. The quantitative estimate of drug-likeness (QED) is 0.0435. The van der Waals surface area contributed by atoms with Crippen LogP contribution in [0.3, 0.4) is 0 Å². The van der Waals surface area contributed by atoms with Crippen molar-refractivity contribution in [2.45, 2.75) is 128 Å². The molecule has 6 atom stereocenters. The summed E-state index contributed by atoms with van der Waals surface area (Å²) >= 11 is 0. The van der Waals surface area contributed by atoms with Crippen molar-refractivity contribution < 1.29 is 38.7 Å². The third-order valence-corrected chi connectivity index (χ3v) is 13.7. The zero-order chi connectivity index (χ0) is 50.9. The van der Waals surface area contributed by atoms with Gasteiger partial charge in [0.1, 0.15) is 6.04 Å². The Labute approximate surface area is 418 Å². The first-order chi connectivity index (χ1) is 34.3. The van der Waals surface area contributed by atoms with Gasteiger partial charge in [-0.15, -0.1) is 0 Å². The highest BCUT2D eigenvalue weighted by Gasteiger charge is 2.39. The van der Waals surface area contributed by atoms with Crippen LogP contribution in [0.4, 0.5) is 0 Å². The Bertz CT molecular complexity index is 2530. The van der Waals surface area contributed by atoms with E-state index in [1.807, 2.05) is 50.2 Å². The molecule has 3 aliphatic rings. The summed E-state index contributed by atoms with van der Waals surface area (Å²) in [6, 6.07) is 22.7. The molecule has 0 radical (unpaired) electrons. The van der Waals surface area contributed by atoms with Crippen LogP contribution in [0.5, 0.6) is 0 Å². The number of aliphatic hydroxyl groups is 1. The maximum atomic E-state index is 14.6. The number of ketones is 3. The van der Waals surface area contributed by atoms with Crippen LogP contribution < -0.4 is 21.3 Å². The Morgan fingerprint density at radius 2 is 1.51 bits per heavy atom. The average Bonchev–Trinajstić information content (AvgIpc) is 4.15. The average molecular weight is 963 g/mol.